The van der Waals surface area contributed by atoms with Crippen molar-refractivity contribution in [3.05, 3.63) is 24.5 Å². The first kappa shape index (κ1) is 9.84. The molecule has 0 heterocycles. The summed E-state index contributed by atoms with van der Waals surface area (Å²) in [7, 11) is 0. The molecule has 0 unspecified atom stereocenters. The SMILES string of the molecule is CCC#CCC/C=C/C=C/O. The summed E-state index contributed by atoms with van der Waals surface area (Å²) in [5, 5.41) is 8.25. The monoisotopic (exact) mass is 150 g/mol. The number of unbranched alkanes of at least 4 members (excludes halogenated alkanes) is 1. The highest BCUT2D eigenvalue weighted by Crippen LogP contribution is 1.89. The molecule has 11 heavy (non-hydrogen) atoms. The minimum Gasteiger partial charge on any atom is -0.516 e. The Kier molecular flexibility index (Phi) is 7.91. The molecule has 0 aliphatic rings. The van der Waals surface area contributed by atoms with Gasteiger partial charge in [-0.3, -0.25) is 0 Å². The lowest BCUT2D eigenvalue weighted by molar-refractivity contribution is 0.473. The van der Waals surface area contributed by atoms with E-state index >= 15 is 0 Å². The molecule has 1 heteroatoms. The smallest absolute Gasteiger partial charge is 0.0791 e. The van der Waals surface area contributed by atoms with Crippen molar-refractivity contribution in [3.63, 3.8) is 0 Å². The van der Waals surface area contributed by atoms with Gasteiger partial charge < -0.3 is 5.11 Å². The summed E-state index contributed by atoms with van der Waals surface area (Å²) in [6, 6.07) is 0. The van der Waals surface area contributed by atoms with Crippen LogP contribution in [0.4, 0.5) is 0 Å². The second-order valence-corrected chi connectivity index (χ2v) is 2.02. The van der Waals surface area contributed by atoms with Crippen LogP contribution >= 0.6 is 0 Å². The summed E-state index contributed by atoms with van der Waals surface area (Å²) < 4.78 is 0. The van der Waals surface area contributed by atoms with Crippen LogP contribution in [0, 0.1) is 11.8 Å². The minimum atomic E-state index is 0.906. The van der Waals surface area contributed by atoms with E-state index in [1.54, 1.807) is 6.08 Å². The summed E-state index contributed by atoms with van der Waals surface area (Å²) in [6.45, 7) is 2.04. The predicted octanol–water partition coefficient (Wildman–Crippen LogP) is 2.81. The summed E-state index contributed by atoms with van der Waals surface area (Å²) in [5.41, 5.74) is 0. The third-order valence-electron chi connectivity index (χ3n) is 1.07. The van der Waals surface area contributed by atoms with Crippen LogP contribution in [-0.4, -0.2) is 5.11 Å². The van der Waals surface area contributed by atoms with Gasteiger partial charge in [0.15, 0.2) is 0 Å². The fourth-order valence-electron chi connectivity index (χ4n) is 0.593. The standard InChI is InChI=1S/C10H14O/c1-2-3-4-5-6-7-8-9-10-11/h7-11H,2,5-6H2,1H3/b8-7+,10-9+. The van der Waals surface area contributed by atoms with Gasteiger partial charge in [-0.2, -0.15) is 0 Å². The Hall–Kier alpha value is -1.16. The molecule has 0 bridgehead atoms. The molecule has 0 fully saturated rings. The van der Waals surface area contributed by atoms with Crippen LogP contribution in [0.5, 0.6) is 0 Å². The molecule has 0 aromatic carbocycles. The zero-order chi connectivity index (χ0) is 8.36. The van der Waals surface area contributed by atoms with Gasteiger partial charge in [-0.25, -0.2) is 0 Å². The average molecular weight is 150 g/mol. The molecule has 1 nitrogen and oxygen atoms in total. The highest BCUT2D eigenvalue weighted by molar-refractivity contribution is 5.03. The molecule has 0 saturated heterocycles. The Bertz CT molecular complexity index is 179. The third-order valence-corrected chi connectivity index (χ3v) is 1.07. The van der Waals surface area contributed by atoms with E-state index in [4.69, 9.17) is 5.11 Å². The van der Waals surface area contributed by atoms with Gasteiger partial charge in [0.1, 0.15) is 0 Å². The van der Waals surface area contributed by atoms with Crippen molar-refractivity contribution in [2.45, 2.75) is 26.2 Å². The van der Waals surface area contributed by atoms with Crippen molar-refractivity contribution < 1.29 is 5.11 Å². The number of hydrogen-bond acceptors (Lipinski definition) is 1. The van der Waals surface area contributed by atoms with E-state index < -0.39 is 0 Å². The largest absolute Gasteiger partial charge is 0.516 e. The zero-order valence-corrected chi connectivity index (χ0v) is 6.88. The first-order chi connectivity index (χ1) is 5.41. The van der Waals surface area contributed by atoms with Gasteiger partial charge in [-0.05, 0) is 12.5 Å². The fraction of sp³-hybridized carbons (Fsp3) is 0.400. The number of aliphatic hydroxyl groups is 1. The second-order valence-electron chi connectivity index (χ2n) is 2.02. The van der Waals surface area contributed by atoms with Gasteiger partial charge in [0.2, 0.25) is 0 Å². The topological polar surface area (TPSA) is 20.2 Å². The molecule has 0 atom stereocenters. The van der Waals surface area contributed by atoms with Crippen molar-refractivity contribution in [1.82, 2.24) is 0 Å². The van der Waals surface area contributed by atoms with Crippen LogP contribution in [0.25, 0.3) is 0 Å². The summed E-state index contributed by atoms with van der Waals surface area (Å²) in [6.07, 6.45) is 9.20. The quantitative estimate of drug-likeness (QED) is 0.284. The van der Waals surface area contributed by atoms with Crippen LogP contribution in [0.15, 0.2) is 24.5 Å². The van der Waals surface area contributed by atoms with E-state index in [1.807, 2.05) is 19.1 Å². The van der Waals surface area contributed by atoms with Crippen LogP contribution in [-0.2, 0) is 0 Å². The Morgan fingerprint density at radius 3 is 2.73 bits per heavy atom. The Morgan fingerprint density at radius 1 is 1.27 bits per heavy atom. The lowest BCUT2D eigenvalue weighted by atomic mass is 10.3. The lowest BCUT2D eigenvalue weighted by Gasteiger charge is -1.80. The van der Waals surface area contributed by atoms with Crippen molar-refractivity contribution >= 4 is 0 Å². The van der Waals surface area contributed by atoms with Crippen LogP contribution in [0.2, 0.25) is 0 Å². The molecule has 0 saturated carbocycles. The molecular weight excluding hydrogens is 136 g/mol. The fourth-order valence-corrected chi connectivity index (χ4v) is 0.593. The molecule has 0 rings (SSSR count). The Labute approximate surface area is 68.4 Å². The Balaban J connectivity index is 3.27. The molecule has 0 aliphatic carbocycles. The van der Waals surface area contributed by atoms with Gasteiger partial charge in [0.25, 0.3) is 0 Å². The number of rotatable bonds is 3. The molecule has 0 aliphatic heterocycles. The highest BCUT2D eigenvalue weighted by atomic mass is 16.2. The number of hydrogen-bond donors (Lipinski definition) is 1. The van der Waals surface area contributed by atoms with Crippen molar-refractivity contribution in [1.29, 1.82) is 0 Å². The minimum absolute atomic E-state index is 0.906. The molecule has 0 aromatic heterocycles. The van der Waals surface area contributed by atoms with Gasteiger partial charge >= 0.3 is 0 Å². The molecule has 1 N–H and O–H groups in total. The molecule has 0 aromatic rings. The summed E-state index contributed by atoms with van der Waals surface area (Å²) in [4.78, 5) is 0. The van der Waals surface area contributed by atoms with E-state index in [9.17, 15) is 0 Å². The average Bonchev–Trinajstić information content (AvgIpc) is 2.03. The zero-order valence-electron chi connectivity index (χ0n) is 6.88. The number of aliphatic hydroxyl groups excluding tert-OH is 1. The highest BCUT2D eigenvalue weighted by Gasteiger charge is 1.72. The van der Waals surface area contributed by atoms with Gasteiger partial charge in [-0.15, -0.1) is 11.8 Å². The molecule has 0 spiro atoms. The second kappa shape index (κ2) is 8.84. The van der Waals surface area contributed by atoms with Crippen molar-refractivity contribution in [3.8, 4) is 11.8 Å². The van der Waals surface area contributed by atoms with Gasteiger partial charge in [0.05, 0.1) is 6.26 Å². The van der Waals surface area contributed by atoms with E-state index in [2.05, 4.69) is 11.8 Å². The van der Waals surface area contributed by atoms with E-state index in [-0.39, 0.29) is 0 Å². The summed E-state index contributed by atoms with van der Waals surface area (Å²) >= 11 is 0. The van der Waals surface area contributed by atoms with Crippen molar-refractivity contribution in [2.75, 3.05) is 0 Å². The van der Waals surface area contributed by atoms with E-state index in [1.165, 1.54) is 0 Å². The first-order valence-corrected chi connectivity index (χ1v) is 3.83. The van der Waals surface area contributed by atoms with Crippen LogP contribution in [0.1, 0.15) is 26.2 Å². The van der Waals surface area contributed by atoms with Crippen molar-refractivity contribution in [2.24, 2.45) is 0 Å². The molecule has 60 valence electrons. The predicted molar refractivity (Wildman–Crippen MR) is 48.2 cm³/mol. The summed E-state index contributed by atoms with van der Waals surface area (Å²) in [5.74, 6) is 6.01. The molecular formula is C10H14O. The lowest BCUT2D eigenvalue weighted by Crippen LogP contribution is -1.64. The first-order valence-electron chi connectivity index (χ1n) is 3.83. The maximum Gasteiger partial charge on any atom is 0.0791 e. The molecule has 0 radical (unpaired) electrons. The normalized spacial score (nSPS) is 10.3. The van der Waals surface area contributed by atoms with E-state index in [0.717, 1.165) is 25.5 Å². The van der Waals surface area contributed by atoms with Gasteiger partial charge in [0, 0.05) is 12.8 Å². The Morgan fingerprint density at radius 2 is 2.09 bits per heavy atom. The number of allylic oxidation sites excluding steroid dienone is 3. The molecule has 0 amide bonds. The third kappa shape index (κ3) is 8.84. The van der Waals surface area contributed by atoms with E-state index in [0.29, 0.717) is 0 Å². The van der Waals surface area contributed by atoms with Crippen LogP contribution < -0.4 is 0 Å². The maximum absolute atomic E-state index is 8.25. The van der Waals surface area contributed by atoms with Crippen LogP contribution in [0.3, 0.4) is 0 Å². The van der Waals surface area contributed by atoms with Gasteiger partial charge in [-0.1, -0.05) is 19.1 Å². The maximum atomic E-state index is 8.25.